The van der Waals surface area contributed by atoms with E-state index in [4.69, 9.17) is 9.15 Å². The Bertz CT molecular complexity index is 1740. The summed E-state index contributed by atoms with van der Waals surface area (Å²) in [6.45, 7) is 3.42. The molecule has 0 bridgehead atoms. The van der Waals surface area contributed by atoms with E-state index in [1.165, 1.54) is 13.0 Å². The third-order valence-corrected chi connectivity index (χ3v) is 7.06. The fourth-order valence-electron chi connectivity index (χ4n) is 5.64. The minimum absolute atomic E-state index is 0.0110. The van der Waals surface area contributed by atoms with E-state index in [0.29, 0.717) is 17.7 Å². The summed E-state index contributed by atoms with van der Waals surface area (Å²) in [5.41, 5.74) is 1.92. The predicted octanol–water partition coefficient (Wildman–Crippen LogP) is 3.71. The zero-order valence-electron chi connectivity index (χ0n) is 19.1. The zero-order valence-corrected chi connectivity index (χ0v) is 19.1. The Morgan fingerprint density at radius 3 is 2.74 bits per heavy atom. The van der Waals surface area contributed by atoms with Gasteiger partial charge in [0.05, 0.1) is 17.3 Å². The molecule has 0 saturated carbocycles. The van der Waals surface area contributed by atoms with Crippen molar-refractivity contribution < 1.29 is 23.8 Å². The molecule has 4 heterocycles. The molecule has 6 rings (SSSR count). The van der Waals surface area contributed by atoms with Gasteiger partial charge in [0.2, 0.25) is 0 Å². The lowest BCUT2D eigenvalue weighted by Crippen LogP contribution is -2.32. The van der Waals surface area contributed by atoms with E-state index in [1.54, 1.807) is 17.6 Å². The number of pyridine rings is 1. The van der Waals surface area contributed by atoms with Gasteiger partial charge in [-0.15, -0.1) is 0 Å². The maximum Gasteiger partial charge on any atom is 0.336 e. The summed E-state index contributed by atoms with van der Waals surface area (Å²) in [6.07, 6.45) is 1.52. The fraction of sp³-hybridized carbons (Fsp3) is 0.259. The number of rotatable bonds is 2. The van der Waals surface area contributed by atoms with Crippen molar-refractivity contribution >= 4 is 33.6 Å². The number of para-hydroxylation sites is 1. The first-order valence-corrected chi connectivity index (χ1v) is 11.5. The lowest BCUT2D eigenvalue weighted by Gasteiger charge is -2.29. The molecule has 1 atom stereocenters. The Labute approximate surface area is 198 Å². The van der Waals surface area contributed by atoms with Crippen LogP contribution in [0.4, 0.5) is 0 Å². The molecular formula is C27H21NO7. The summed E-state index contributed by atoms with van der Waals surface area (Å²) < 4.78 is 12.7. The second kappa shape index (κ2) is 7.40. The van der Waals surface area contributed by atoms with Crippen molar-refractivity contribution in [3.8, 4) is 11.5 Å². The van der Waals surface area contributed by atoms with Crippen molar-refractivity contribution in [2.75, 3.05) is 0 Å². The molecule has 0 spiro atoms. The highest BCUT2D eigenvalue weighted by atomic mass is 16.5. The molecular weight excluding hydrogens is 450 g/mol. The number of carbonyl (C=O) groups is 2. The van der Waals surface area contributed by atoms with Crippen molar-refractivity contribution in [2.45, 2.75) is 45.6 Å². The van der Waals surface area contributed by atoms with Crippen LogP contribution < -0.4 is 15.9 Å². The number of aryl methyl sites for hydroxylation is 3. The molecule has 1 N–H and O–H groups in total. The fourth-order valence-corrected chi connectivity index (χ4v) is 5.64. The van der Waals surface area contributed by atoms with Gasteiger partial charge in [-0.05, 0) is 49.3 Å². The van der Waals surface area contributed by atoms with E-state index < -0.39 is 29.0 Å². The Balaban J connectivity index is 1.76. The Morgan fingerprint density at radius 2 is 1.97 bits per heavy atom. The third-order valence-electron chi connectivity index (χ3n) is 7.06. The van der Waals surface area contributed by atoms with E-state index >= 15 is 0 Å². The molecule has 0 saturated heterocycles. The monoisotopic (exact) mass is 471 g/mol. The quantitative estimate of drug-likeness (QED) is 0.205. The molecule has 2 aromatic carbocycles. The number of ether oxygens (including phenoxy) is 1. The number of hydrogen-bond donors (Lipinski definition) is 1. The van der Waals surface area contributed by atoms with Gasteiger partial charge in [0.1, 0.15) is 16.9 Å². The number of aromatic nitrogens is 1. The van der Waals surface area contributed by atoms with Crippen LogP contribution in [-0.2, 0) is 17.8 Å². The molecule has 0 fully saturated rings. The van der Waals surface area contributed by atoms with Crippen LogP contribution in [0.3, 0.4) is 0 Å². The smallest absolute Gasteiger partial charge is 0.336 e. The van der Waals surface area contributed by atoms with E-state index in [0.717, 1.165) is 29.3 Å². The second-order valence-corrected chi connectivity index (χ2v) is 9.22. The molecule has 35 heavy (non-hydrogen) atoms. The summed E-state index contributed by atoms with van der Waals surface area (Å²) in [4.78, 5) is 51.4. The van der Waals surface area contributed by atoms with Gasteiger partial charge < -0.3 is 18.8 Å². The van der Waals surface area contributed by atoms with Gasteiger partial charge in [0.25, 0.3) is 5.56 Å². The number of fused-ring (bicyclic) bond motifs is 3. The number of phenolic OH excluding ortho intramolecular Hbond substituents is 1. The van der Waals surface area contributed by atoms with Crippen LogP contribution in [0.25, 0.3) is 21.9 Å². The van der Waals surface area contributed by atoms with E-state index in [-0.39, 0.29) is 39.8 Å². The van der Waals surface area contributed by atoms with Crippen molar-refractivity contribution in [1.29, 1.82) is 0 Å². The van der Waals surface area contributed by atoms with Crippen LogP contribution in [0, 0.1) is 6.92 Å². The second-order valence-electron chi connectivity index (χ2n) is 9.22. The first-order valence-electron chi connectivity index (χ1n) is 11.5. The summed E-state index contributed by atoms with van der Waals surface area (Å²) in [6, 6.07) is 8.87. The zero-order chi connectivity index (χ0) is 24.6. The summed E-state index contributed by atoms with van der Waals surface area (Å²) in [5, 5.41) is 12.0. The third kappa shape index (κ3) is 2.99. The van der Waals surface area contributed by atoms with Crippen molar-refractivity contribution in [3.05, 3.63) is 78.9 Å². The summed E-state index contributed by atoms with van der Waals surface area (Å²) in [5.74, 6) is -2.58. The summed E-state index contributed by atoms with van der Waals surface area (Å²) >= 11 is 0. The van der Waals surface area contributed by atoms with Crippen molar-refractivity contribution in [2.24, 2.45) is 0 Å². The van der Waals surface area contributed by atoms with Gasteiger partial charge >= 0.3 is 11.6 Å². The minimum Gasteiger partial charge on any atom is -0.506 e. The van der Waals surface area contributed by atoms with Crippen LogP contribution in [0.15, 0.2) is 44.3 Å². The van der Waals surface area contributed by atoms with Gasteiger partial charge in [-0.3, -0.25) is 14.4 Å². The molecule has 4 aromatic rings. The van der Waals surface area contributed by atoms with Gasteiger partial charge in [-0.25, -0.2) is 4.79 Å². The van der Waals surface area contributed by atoms with E-state index in [2.05, 4.69) is 0 Å². The van der Waals surface area contributed by atoms with Crippen LogP contribution in [0.2, 0.25) is 0 Å². The number of benzene rings is 2. The number of aromatic hydroxyl groups is 1. The topological polar surface area (TPSA) is 116 Å². The number of ketones is 1. The van der Waals surface area contributed by atoms with Gasteiger partial charge in [-0.2, -0.15) is 0 Å². The van der Waals surface area contributed by atoms with Gasteiger partial charge in [-0.1, -0.05) is 18.2 Å². The number of esters is 1. The molecule has 2 aromatic heterocycles. The van der Waals surface area contributed by atoms with Crippen LogP contribution >= 0.6 is 0 Å². The largest absolute Gasteiger partial charge is 0.506 e. The molecule has 2 aliphatic rings. The number of nitrogens with zero attached hydrogens (tertiary/aromatic N) is 1. The Hall–Kier alpha value is -4.20. The first-order chi connectivity index (χ1) is 16.8. The normalized spacial score (nSPS) is 16.9. The number of carbonyl (C=O) groups excluding carboxylic acids is 2. The Kier molecular flexibility index (Phi) is 4.51. The Morgan fingerprint density at radius 1 is 1.17 bits per heavy atom. The van der Waals surface area contributed by atoms with Gasteiger partial charge in [0, 0.05) is 29.7 Å². The highest BCUT2D eigenvalue weighted by Crippen LogP contribution is 2.49. The molecule has 176 valence electrons. The van der Waals surface area contributed by atoms with E-state index in [9.17, 15) is 24.3 Å². The average Bonchev–Trinajstić information content (AvgIpc) is 2.80. The molecule has 2 aliphatic heterocycles. The predicted molar refractivity (Wildman–Crippen MR) is 128 cm³/mol. The minimum atomic E-state index is -0.830. The van der Waals surface area contributed by atoms with Crippen LogP contribution in [0.5, 0.6) is 11.5 Å². The number of Topliss-reactive ketones (excluding diaryl/α,β-unsaturated/α-hetero) is 1. The highest BCUT2D eigenvalue weighted by molar-refractivity contribution is 6.09. The number of phenols is 1. The molecule has 0 radical (unpaired) electrons. The maximum atomic E-state index is 13.8. The molecule has 0 unspecified atom stereocenters. The molecule has 0 aliphatic carbocycles. The standard InChI is InChI=1S/C27H21NO7/c1-12-9-18(30)34-25-20(12)24(32)21(13(2)29)26-22(25)16(11-19(31)35-26)17-10-15-6-3-5-14-7-4-8-28(23(14)15)27(17)33/h3,5-6,9-10,16,32H,4,7-8,11H2,1-2H3/t16-/m1/s1. The molecule has 8 heteroatoms. The van der Waals surface area contributed by atoms with Crippen LogP contribution in [0.1, 0.15) is 58.3 Å². The summed E-state index contributed by atoms with van der Waals surface area (Å²) in [7, 11) is 0. The maximum absolute atomic E-state index is 13.8. The van der Waals surface area contributed by atoms with Crippen molar-refractivity contribution in [1.82, 2.24) is 4.57 Å². The lowest BCUT2D eigenvalue weighted by atomic mass is 9.82. The van der Waals surface area contributed by atoms with Gasteiger partial charge in [0.15, 0.2) is 11.5 Å². The van der Waals surface area contributed by atoms with E-state index in [1.807, 2.05) is 18.2 Å². The molecule has 8 nitrogen and oxygen atoms in total. The lowest BCUT2D eigenvalue weighted by molar-refractivity contribution is -0.135. The average molecular weight is 471 g/mol. The first kappa shape index (κ1) is 21.3. The number of hydrogen-bond acceptors (Lipinski definition) is 7. The highest BCUT2D eigenvalue weighted by Gasteiger charge is 2.38. The van der Waals surface area contributed by atoms with Crippen molar-refractivity contribution in [3.63, 3.8) is 0 Å². The SMILES string of the molecule is CC(=O)c1c2c(c3oc(=O)cc(C)c3c1O)[C@@H](c1cc3cccc4c3n(c1=O)CCC4)CC(=O)O2. The molecule has 0 amide bonds. The van der Waals surface area contributed by atoms with Crippen LogP contribution in [-0.4, -0.2) is 21.4 Å².